The molecule has 0 unspecified atom stereocenters. The molecule has 0 saturated carbocycles. The Morgan fingerprint density at radius 1 is 0.533 bits per heavy atom. The van der Waals surface area contributed by atoms with Crippen LogP contribution >= 0.6 is 7.26 Å². The van der Waals surface area contributed by atoms with Gasteiger partial charge in [-0.15, -0.1) is 10.2 Å². The van der Waals surface area contributed by atoms with Gasteiger partial charge in [-0.05, 0) is 48.5 Å². The number of nitrogens with one attached hydrogen (secondary N) is 2. The summed E-state index contributed by atoms with van der Waals surface area (Å²) in [7, 11) is -7.75. The van der Waals surface area contributed by atoms with Crippen molar-refractivity contribution >= 4 is 40.3 Å². The third-order valence-electron chi connectivity index (χ3n) is 6.68. The molecule has 4 N–H and O–H groups in total. The van der Waals surface area contributed by atoms with Gasteiger partial charge in [0.15, 0.2) is 5.70 Å². The minimum atomic E-state index is -4.94. The van der Waals surface area contributed by atoms with Crippen LogP contribution in [0.3, 0.4) is 0 Å². The molecule has 45 heavy (non-hydrogen) atoms. The molecule has 9 nitrogen and oxygen atoms in total. The molecule has 5 aromatic rings. The second-order valence-corrected chi connectivity index (χ2v) is 13.5. The van der Waals surface area contributed by atoms with E-state index < -0.39 is 29.3 Å². The lowest BCUT2D eigenvalue weighted by molar-refractivity contribution is -2.00. The van der Waals surface area contributed by atoms with Crippen molar-refractivity contribution in [3.05, 3.63) is 168 Å². The summed E-state index contributed by atoms with van der Waals surface area (Å²) in [5.41, 5.74) is 3.64. The number of rotatable bonds is 8. The highest BCUT2D eigenvalue weighted by molar-refractivity contribution is 8.03. The van der Waals surface area contributed by atoms with E-state index in [4.69, 9.17) is 24.5 Å². The van der Waals surface area contributed by atoms with Crippen LogP contribution in [0.1, 0.15) is 15.9 Å². The molecule has 0 aliphatic rings. The van der Waals surface area contributed by atoms with E-state index in [0.717, 1.165) is 21.5 Å². The van der Waals surface area contributed by atoms with Crippen LogP contribution in [0, 0.1) is 10.2 Å². The lowest BCUT2D eigenvalue weighted by Crippen LogP contribution is -2.68. The Balaban J connectivity index is 0.000000854. The van der Waals surface area contributed by atoms with Crippen molar-refractivity contribution in [3.63, 3.8) is 0 Å². The predicted molar refractivity (Wildman–Crippen MR) is 165 cm³/mol. The zero-order valence-electron chi connectivity index (χ0n) is 23.8. The maximum absolute atomic E-state index is 13.7. The molecule has 228 valence electrons. The van der Waals surface area contributed by atoms with Gasteiger partial charge in [0.1, 0.15) is 28.5 Å². The molecule has 0 radical (unpaired) electrons. The lowest BCUT2D eigenvalue weighted by Gasteiger charge is -2.31. The summed E-state index contributed by atoms with van der Waals surface area (Å²) < 4.78 is 34.0. The summed E-state index contributed by atoms with van der Waals surface area (Å²) in [5.74, 6) is 4.80. The Labute approximate surface area is 263 Å². The first-order valence-corrected chi connectivity index (χ1v) is 16.5. The molecule has 0 saturated heterocycles. The Morgan fingerprint density at radius 2 is 0.844 bits per heavy atom. The molecule has 0 aliphatic heterocycles. The molecule has 5 rings (SSSR count). The number of carbonyl (C=O) groups excluding carboxylic acids is 2. The molecule has 0 heterocycles. The summed E-state index contributed by atoms with van der Waals surface area (Å²) in [6, 6.07) is 49.1. The predicted octanol–water partition coefficient (Wildman–Crippen LogP) is 0.0132. The molecular formula is C34H29ClN3O6P. The van der Waals surface area contributed by atoms with Crippen molar-refractivity contribution in [2.45, 2.75) is 0 Å². The highest BCUT2D eigenvalue weighted by Crippen LogP contribution is 2.67. The molecule has 0 spiro atoms. The maximum Gasteiger partial charge on any atom is 0.285 e. The van der Waals surface area contributed by atoms with E-state index >= 15 is 0 Å². The smallest absolute Gasteiger partial charge is 0.285 e. The van der Waals surface area contributed by atoms with Crippen molar-refractivity contribution in [2.24, 2.45) is 5.84 Å². The Bertz CT molecular complexity index is 1620. The van der Waals surface area contributed by atoms with E-state index in [2.05, 4.69) is 47.1 Å². The molecule has 0 atom stereocenters. The first-order chi connectivity index (χ1) is 21.7. The zero-order valence-corrected chi connectivity index (χ0v) is 25.4. The van der Waals surface area contributed by atoms with Gasteiger partial charge in [-0.2, -0.15) is 0 Å². The fraction of sp³-hybridized carbons (Fsp3) is 0. The number of hydrogen-bond donors (Lipinski definition) is 3. The molecule has 2 amide bonds. The van der Waals surface area contributed by atoms with E-state index in [9.17, 15) is 9.59 Å². The van der Waals surface area contributed by atoms with Gasteiger partial charge in [-0.25, -0.2) is 24.5 Å². The highest BCUT2D eigenvalue weighted by atomic mass is 35.7. The summed E-state index contributed by atoms with van der Waals surface area (Å²) in [5, 5.41) is 6.76. The van der Waals surface area contributed by atoms with Crippen molar-refractivity contribution < 1.29 is 38.5 Å². The minimum absolute atomic E-state index is 0.104. The van der Waals surface area contributed by atoms with Crippen molar-refractivity contribution in [3.8, 4) is 0 Å². The molecule has 11 heteroatoms. The average molecular weight is 642 g/mol. The second-order valence-electron chi connectivity index (χ2n) is 9.44. The lowest BCUT2D eigenvalue weighted by atomic mass is 10.1. The number of amides is 2. The summed E-state index contributed by atoms with van der Waals surface area (Å²) in [6.45, 7) is 0. The molecular weight excluding hydrogens is 613 g/mol. The van der Waals surface area contributed by atoms with Crippen LogP contribution in [0.5, 0.6) is 0 Å². The monoisotopic (exact) mass is 641 g/mol. The van der Waals surface area contributed by atoms with Crippen LogP contribution in [-0.2, 0) is 4.79 Å². The Morgan fingerprint density at radius 3 is 1.18 bits per heavy atom. The van der Waals surface area contributed by atoms with Gasteiger partial charge >= 0.3 is 0 Å². The fourth-order valence-electron chi connectivity index (χ4n) is 4.96. The van der Waals surface area contributed by atoms with Crippen LogP contribution in [-0.4, -0.2) is 11.8 Å². The summed E-state index contributed by atoms with van der Waals surface area (Å²) in [4.78, 5) is 27.3. The van der Waals surface area contributed by atoms with Crippen molar-refractivity contribution in [1.82, 2.24) is 10.7 Å². The second kappa shape index (κ2) is 15.3. The highest BCUT2D eigenvalue weighted by Gasteiger charge is 2.52. The zero-order chi connectivity index (χ0) is 32.3. The SMILES string of the molecule is NNC(=O)/C(NC(=O)c1ccccc1)=C(\c1ccccc1)[P+](c1ccccc1)(c1ccccc1)c1ccccc1.[O-][Cl+3]([O-])([O-])[O-]. The molecule has 0 aromatic heterocycles. The molecule has 5 aromatic carbocycles. The first kappa shape index (κ1) is 33.2. The van der Waals surface area contributed by atoms with E-state index in [1.807, 2.05) is 91.0 Å². The Hall–Kier alpha value is -4.70. The van der Waals surface area contributed by atoms with Gasteiger partial charge < -0.3 is 5.32 Å². The van der Waals surface area contributed by atoms with Gasteiger partial charge in [-0.3, -0.25) is 15.0 Å². The van der Waals surface area contributed by atoms with Crippen LogP contribution in [0.15, 0.2) is 157 Å². The topological polar surface area (TPSA) is 176 Å². The van der Waals surface area contributed by atoms with Gasteiger partial charge in [0.25, 0.3) is 11.8 Å². The number of hydrazine groups is 1. The van der Waals surface area contributed by atoms with E-state index in [1.165, 1.54) is 0 Å². The largest absolute Gasteiger partial charge is 0.314 e. The van der Waals surface area contributed by atoms with Gasteiger partial charge in [-0.1, -0.05) is 103 Å². The Kier molecular flexibility index (Phi) is 11.3. The normalized spacial score (nSPS) is 11.8. The number of hydrogen-bond acceptors (Lipinski definition) is 7. The minimum Gasteiger partial charge on any atom is -0.314 e. The van der Waals surface area contributed by atoms with Gasteiger partial charge in [0, 0.05) is 11.1 Å². The van der Waals surface area contributed by atoms with Crippen LogP contribution in [0.2, 0.25) is 0 Å². The number of carbonyl (C=O) groups is 2. The maximum atomic E-state index is 13.7. The average Bonchev–Trinajstić information content (AvgIpc) is 3.07. The van der Waals surface area contributed by atoms with E-state index in [0.29, 0.717) is 10.9 Å². The summed E-state index contributed by atoms with van der Waals surface area (Å²) >= 11 is 0. The first-order valence-electron chi connectivity index (χ1n) is 13.5. The fourth-order valence-corrected chi connectivity index (χ4v) is 9.52. The molecule has 0 aliphatic carbocycles. The van der Waals surface area contributed by atoms with Crippen LogP contribution in [0.4, 0.5) is 0 Å². The van der Waals surface area contributed by atoms with Crippen LogP contribution < -0.4 is 51.1 Å². The molecule has 0 fully saturated rings. The third-order valence-corrected chi connectivity index (χ3v) is 11.1. The van der Waals surface area contributed by atoms with Gasteiger partial charge in [0.2, 0.25) is 0 Å². The van der Waals surface area contributed by atoms with Crippen LogP contribution in [0.25, 0.3) is 5.31 Å². The van der Waals surface area contributed by atoms with Crippen molar-refractivity contribution in [1.29, 1.82) is 0 Å². The van der Waals surface area contributed by atoms with Crippen molar-refractivity contribution in [2.75, 3.05) is 0 Å². The standard InChI is InChI=1S/C34H28N3O2P.ClHO4/c35-37-34(39)31(36-33(38)27-18-8-2-9-19-27)32(26-16-6-1-7-17-26)40(28-20-10-3-11-21-28,29-22-12-4-13-23-29)30-24-14-5-15-25-30;2-1(3,4)5/h1-25H,35H2,(H-,36,37,38,39);(H,2,3,4,5)/b32-31-;. The molecule has 0 bridgehead atoms. The number of nitrogens with two attached hydrogens (primary N) is 1. The number of halogens is 1. The quantitative estimate of drug-likeness (QED) is 0.0703. The van der Waals surface area contributed by atoms with E-state index in [-0.39, 0.29) is 5.70 Å². The summed E-state index contributed by atoms with van der Waals surface area (Å²) in [6.07, 6.45) is 0. The van der Waals surface area contributed by atoms with Gasteiger partial charge in [0.05, 0.1) is 0 Å². The van der Waals surface area contributed by atoms with E-state index in [1.54, 1.807) is 24.3 Å². The number of benzene rings is 5. The third kappa shape index (κ3) is 8.27.